The molecule has 2 aromatic rings. The Morgan fingerprint density at radius 1 is 1.18 bits per heavy atom. The molecular weight excluding hydrogens is 380 g/mol. The molecule has 1 atom stereocenters. The fourth-order valence-corrected chi connectivity index (χ4v) is 4.37. The van der Waals surface area contributed by atoms with Crippen molar-refractivity contribution in [2.75, 3.05) is 25.0 Å². The van der Waals surface area contributed by atoms with Crippen LogP contribution in [0.3, 0.4) is 0 Å². The zero-order valence-corrected chi connectivity index (χ0v) is 16.2. The second-order valence-electron chi connectivity index (χ2n) is 6.67. The highest BCUT2D eigenvalue weighted by atomic mass is 32.2. The van der Waals surface area contributed by atoms with E-state index in [2.05, 4.69) is 10.0 Å². The predicted molar refractivity (Wildman–Crippen MR) is 106 cm³/mol. The Morgan fingerprint density at radius 3 is 2.64 bits per heavy atom. The van der Waals surface area contributed by atoms with Crippen molar-refractivity contribution in [1.82, 2.24) is 4.72 Å². The second-order valence-corrected chi connectivity index (χ2v) is 8.40. The van der Waals surface area contributed by atoms with Crippen LogP contribution in [0.4, 0.5) is 5.69 Å². The van der Waals surface area contributed by atoms with Crippen molar-refractivity contribution in [3.05, 3.63) is 59.7 Å². The lowest BCUT2D eigenvalue weighted by Crippen LogP contribution is -2.32. The second kappa shape index (κ2) is 9.18. The number of nitrogens with one attached hydrogen (secondary N) is 2. The number of rotatable bonds is 9. The Kier molecular flexibility index (Phi) is 6.66. The number of hydrogen-bond acceptors (Lipinski definition) is 5. The van der Waals surface area contributed by atoms with Gasteiger partial charge in [-0.15, -0.1) is 0 Å². The Bertz CT molecular complexity index is 909. The molecule has 0 radical (unpaired) electrons. The van der Waals surface area contributed by atoms with Crippen LogP contribution in [0.5, 0.6) is 0 Å². The van der Waals surface area contributed by atoms with E-state index in [0.29, 0.717) is 25.3 Å². The van der Waals surface area contributed by atoms with Crippen molar-refractivity contribution in [3.8, 4) is 0 Å². The highest BCUT2D eigenvalue weighted by molar-refractivity contribution is 7.89. The maximum Gasteiger partial charge on any atom is 0.335 e. The van der Waals surface area contributed by atoms with E-state index in [1.165, 1.54) is 18.2 Å². The number of carboxylic acid groups (broad SMARTS) is 1. The number of anilines is 1. The molecule has 28 heavy (non-hydrogen) atoms. The Balaban J connectivity index is 1.75. The van der Waals surface area contributed by atoms with Crippen LogP contribution >= 0.6 is 0 Å². The Labute approximate surface area is 164 Å². The van der Waals surface area contributed by atoms with Gasteiger partial charge in [0.15, 0.2) is 0 Å². The fraction of sp³-hybridized carbons (Fsp3) is 0.350. The zero-order valence-electron chi connectivity index (χ0n) is 15.4. The van der Waals surface area contributed by atoms with E-state index in [-0.39, 0.29) is 23.1 Å². The van der Waals surface area contributed by atoms with Gasteiger partial charge in [0.2, 0.25) is 10.0 Å². The molecule has 0 amide bonds. The van der Waals surface area contributed by atoms with E-state index in [1.807, 2.05) is 30.3 Å². The maximum atomic E-state index is 12.8. The van der Waals surface area contributed by atoms with Crippen LogP contribution in [0.2, 0.25) is 0 Å². The predicted octanol–water partition coefficient (Wildman–Crippen LogP) is 2.50. The fourth-order valence-electron chi connectivity index (χ4n) is 3.10. The molecule has 0 saturated carbocycles. The SMILES string of the molecule is O=C(O)c1ccc(NCCc2ccccc2)c(S(=O)(=O)NCC2CCCO2)c1. The molecule has 1 fully saturated rings. The monoisotopic (exact) mass is 404 g/mol. The first-order chi connectivity index (χ1) is 13.5. The summed E-state index contributed by atoms with van der Waals surface area (Å²) in [5.74, 6) is -1.17. The van der Waals surface area contributed by atoms with E-state index in [4.69, 9.17) is 4.74 Å². The van der Waals surface area contributed by atoms with Gasteiger partial charge < -0.3 is 15.2 Å². The third-order valence-corrected chi connectivity index (χ3v) is 6.08. The van der Waals surface area contributed by atoms with E-state index < -0.39 is 16.0 Å². The lowest BCUT2D eigenvalue weighted by Gasteiger charge is -2.16. The van der Waals surface area contributed by atoms with Gasteiger partial charge in [0.05, 0.1) is 17.4 Å². The summed E-state index contributed by atoms with van der Waals surface area (Å²) in [6.07, 6.45) is 2.28. The first-order valence-electron chi connectivity index (χ1n) is 9.22. The number of carboxylic acids is 1. The number of sulfonamides is 1. The van der Waals surface area contributed by atoms with E-state index in [9.17, 15) is 18.3 Å². The summed E-state index contributed by atoms with van der Waals surface area (Å²) in [5.41, 5.74) is 1.42. The molecule has 3 N–H and O–H groups in total. The summed E-state index contributed by atoms with van der Waals surface area (Å²) in [7, 11) is -3.89. The minimum atomic E-state index is -3.89. The van der Waals surface area contributed by atoms with Crippen molar-refractivity contribution < 1.29 is 23.1 Å². The van der Waals surface area contributed by atoms with E-state index in [1.54, 1.807) is 0 Å². The third kappa shape index (κ3) is 5.31. The summed E-state index contributed by atoms with van der Waals surface area (Å²) >= 11 is 0. The number of aromatic carboxylic acids is 1. The molecule has 7 nitrogen and oxygen atoms in total. The molecule has 2 aromatic carbocycles. The smallest absolute Gasteiger partial charge is 0.335 e. The molecule has 1 aliphatic rings. The van der Waals surface area contributed by atoms with Crippen molar-refractivity contribution in [3.63, 3.8) is 0 Å². The quantitative estimate of drug-likeness (QED) is 0.593. The van der Waals surface area contributed by atoms with Crippen molar-refractivity contribution in [2.24, 2.45) is 0 Å². The van der Waals surface area contributed by atoms with Crippen molar-refractivity contribution >= 4 is 21.7 Å². The highest BCUT2D eigenvalue weighted by Gasteiger charge is 2.23. The average molecular weight is 404 g/mol. The van der Waals surface area contributed by atoms with E-state index >= 15 is 0 Å². The van der Waals surface area contributed by atoms with Crippen molar-refractivity contribution in [1.29, 1.82) is 0 Å². The maximum absolute atomic E-state index is 12.8. The summed E-state index contributed by atoms with van der Waals surface area (Å²) in [4.78, 5) is 11.2. The molecule has 150 valence electrons. The normalized spacial score (nSPS) is 16.8. The summed E-state index contributed by atoms with van der Waals surface area (Å²) in [5, 5.41) is 12.4. The largest absolute Gasteiger partial charge is 0.478 e. The van der Waals surface area contributed by atoms with Gasteiger partial charge in [-0.2, -0.15) is 0 Å². The lowest BCUT2D eigenvalue weighted by molar-refractivity contribution is 0.0696. The first-order valence-corrected chi connectivity index (χ1v) is 10.7. The number of hydrogen-bond donors (Lipinski definition) is 3. The topological polar surface area (TPSA) is 105 Å². The molecule has 1 saturated heterocycles. The standard InChI is InChI=1S/C20H24N2O5S/c23-20(24)16-8-9-18(21-11-10-15-5-2-1-3-6-15)19(13-16)28(25,26)22-14-17-7-4-12-27-17/h1-3,5-6,8-9,13,17,21-22H,4,7,10-12,14H2,(H,23,24). The highest BCUT2D eigenvalue weighted by Crippen LogP contribution is 2.23. The molecular formula is C20H24N2O5S. The van der Waals surface area contributed by atoms with Crippen LogP contribution in [-0.2, 0) is 21.2 Å². The molecule has 8 heteroatoms. The zero-order chi connectivity index (χ0) is 20.0. The van der Waals surface area contributed by atoms with Crippen LogP contribution < -0.4 is 10.0 Å². The molecule has 3 rings (SSSR count). The summed E-state index contributed by atoms with van der Waals surface area (Å²) in [6.45, 7) is 1.32. The van der Waals surface area contributed by atoms with Gasteiger partial charge in [0, 0.05) is 19.7 Å². The molecule has 0 aromatic heterocycles. The number of carbonyl (C=O) groups is 1. The summed E-state index contributed by atoms with van der Waals surface area (Å²) in [6, 6.07) is 13.9. The lowest BCUT2D eigenvalue weighted by atomic mass is 10.1. The summed E-state index contributed by atoms with van der Waals surface area (Å²) < 4.78 is 33.6. The third-order valence-electron chi connectivity index (χ3n) is 4.62. The van der Waals surface area contributed by atoms with E-state index in [0.717, 1.165) is 18.4 Å². The van der Waals surface area contributed by atoms with Gasteiger partial charge in [-0.25, -0.2) is 17.9 Å². The Hall–Kier alpha value is -2.42. The van der Waals surface area contributed by atoms with Crippen LogP contribution in [0.15, 0.2) is 53.4 Å². The molecule has 0 aliphatic carbocycles. The van der Waals surface area contributed by atoms with Crippen LogP contribution in [-0.4, -0.2) is 45.3 Å². The molecule has 1 aliphatic heterocycles. The van der Waals surface area contributed by atoms with Crippen LogP contribution in [0.1, 0.15) is 28.8 Å². The van der Waals surface area contributed by atoms with Crippen LogP contribution in [0.25, 0.3) is 0 Å². The van der Waals surface area contributed by atoms with Crippen molar-refractivity contribution in [2.45, 2.75) is 30.3 Å². The average Bonchev–Trinajstić information content (AvgIpc) is 3.21. The minimum Gasteiger partial charge on any atom is -0.478 e. The van der Waals surface area contributed by atoms with Gasteiger partial charge in [-0.3, -0.25) is 0 Å². The Morgan fingerprint density at radius 2 is 1.96 bits per heavy atom. The van der Waals surface area contributed by atoms with Crippen LogP contribution in [0, 0.1) is 0 Å². The number of benzene rings is 2. The molecule has 0 spiro atoms. The van der Waals surface area contributed by atoms with Gasteiger partial charge in [-0.1, -0.05) is 30.3 Å². The van der Waals surface area contributed by atoms with Gasteiger partial charge in [0.25, 0.3) is 0 Å². The van der Waals surface area contributed by atoms with Gasteiger partial charge >= 0.3 is 5.97 Å². The van der Waals surface area contributed by atoms with Gasteiger partial charge in [-0.05, 0) is 43.0 Å². The molecule has 0 bridgehead atoms. The van der Waals surface area contributed by atoms with Gasteiger partial charge in [0.1, 0.15) is 4.90 Å². The minimum absolute atomic E-state index is 0.0709. The first kappa shape index (κ1) is 20.3. The molecule has 1 heterocycles. The molecule has 1 unspecified atom stereocenters. The number of ether oxygens (including phenoxy) is 1.